The molecule has 0 bridgehead atoms. The Morgan fingerprint density at radius 2 is 2.05 bits per heavy atom. The number of carboxylic acid groups (broad SMARTS) is 1. The number of aromatic carboxylic acids is 1. The Kier molecular flexibility index (Phi) is 3.87. The van der Waals surface area contributed by atoms with E-state index in [2.05, 4.69) is 9.97 Å². The molecule has 2 rings (SSSR count). The highest BCUT2D eigenvalue weighted by molar-refractivity contribution is 6.33. The van der Waals surface area contributed by atoms with Crippen molar-refractivity contribution >= 4 is 40.7 Å². The minimum Gasteiger partial charge on any atom is -0.478 e. The SMILES string of the molecule is CN(c1ccc(Cl)c(C(=O)O)c1)c1cncc(Cl)n1. The summed E-state index contributed by atoms with van der Waals surface area (Å²) in [5, 5.41) is 9.48. The molecule has 0 saturated carbocycles. The van der Waals surface area contributed by atoms with Crippen molar-refractivity contribution in [2.75, 3.05) is 11.9 Å². The fraction of sp³-hybridized carbons (Fsp3) is 0.0833. The average Bonchev–Trinajstić information content (AvgIpc) is 2.38. The number of benzene rings is 1. The molecule has 0 fully saturated rings. The van der Waals surface area contributed by atoms with Gasteiger partial charge in [0.15, 0.2) is 5.82 Å². The van der Waals surface area contributed by atoms with E-state index in [0.717, 1.165) is 0 Å². The van der Waals surface area contributed by atoms with Crippen LogP contribution in [0.15, 0.2) is 30.6 Å². The molecule has 1 N–H and O–H groups in total. The molecule has 0 amide bonds. The molecule has 0 spiro atoms. The van der Waals surface area contributed by atoms with Crippen molar-refractivity contribution in [1.29, 1.82) is 0 Å². The van der Waals surface area contributed by atoms with E-state index in [1.54, 1.807) is 18.0 Å². The maximum atomic E-state index is 11.0. The molecule has 0 atom stereocenters. The van der Waals surface area contributed by atoms with Crippen LogP contribution in [0.25, 0.3) is 0 Å². The standard InChI is InChI=1S/C12H9Cl2N3O2/c1-17(11-6-15-5-10(14)16-11)7-2-3-9(13)8(4-7)12(18)19/h2-6H,1H3,(H,18,19). The van der Waals surface area contributed by atoms with Gasteiger partial charge in [-0.15, -0.1) is 0 Å². The van der Waals surface area contributed by atoms with Gasteiger partial charge in [-0.3, -0.25) is 4.98 Å². The highest BCUT2D eigenvalue weighted by atomic mass is 35.5. The zero-order chi connectivity index (χ0) is 14.0. The maximum absolute atomic E-state index is 11.0. The largest absolute Gasteiger partial charge is 0.478 e. The number of rotatable bonds is 3. The number of hydrogen-bond acceptors (Lipinski definition) is 4. The van der Waals surface area contributed by atoms with Gasteiger partial charge in [0, 0.05) is 12.7 Å². The van der Waals surface area contributed by atoms with Crippen molar-refractivity contribution in [1.82, 2.24) is 9.97 Å². The summed E-state index contributed by atoms with van der Waals surface area (Å²) >= 11 is 11.6. The second-order valence-corrected chi connectivity index (χ2v) is 4.52. The Morgan fingerprint density at radius 1 is 1.32 bits per heavy atom. The third-order valence-electron chi connectivity index (χ3n) is 2.50. The van der Waals surface area contributed by atoms with E-state index in [-0.39, 0.29) is 15.7 Å². The molecular weight excluding hydrogens is 289 g/mol. The Balaban J connectivity index is 2.42. The zero-order valence-corrected chi connectivity index (χ0v) is 11.4. The first-order valence-electron chi connectivity index (χ1n) is 5.23. The van der Waals surface area contributed by atoms with E-state index in [1.165, 1.54) is 24.5 Å². The normalized spacial score (nSPS) is 10.3. The van der Waals surface area contributed by atoms with Crippen LogP contribution >= 0.6 is 23.2 Å². The van der Waals surface area contributed by atoms with E-state index in [4.69, 9.17) is 28.3 Å². The molecule has 0 radical (unpaired) electrons. The summed E-state index contributed by atoms with van der Waals surface area (Å²) < 4.78 is 0. The van der Waals surface area contributed by atoms with Gasteiger partial charge in [0.05, 0.1) is 23.0 Å². The smallest absolute Gasteiger partial charge is 0.337 e. The molecular formula is C12H9Cl2N3O2. The summed E-state index contributed by atoms with van der Waals surface area (Å²) in [5.74, 6) is -0.580. The Bertz CT molecular complexity index is 634. The van der Waals surface area contributed by atoms with E-state index < -0.39 is 5.97 Å². The van der Waals surface area contributed by atoms with E-state index >= 15 is 0 Å². The fourth-order valence-electron chi connectivity index (χ4n) is 1.51. The fourth-order valence-corrected chi connectivity index (χ4v) is 1.85. The minimum absolute atomic E-state index is 0.0287. The molecule has 2 aromatic rings. The highest BCUT2D eigenvalue weighted by Crippen LogP contribution is 2.26. The molecule has 1 aromatic heterocycles. The average molecular weight is 298 g/mol. The lowest BCUT2D eigenvalue weighted by atomic mass is 10.2. The second kappa shape index (κ2) is 5.42. The topological polar surface area (TPSA) is 66.3 Å². The van der Waals surface area contributed by atoms with Crippen molar-refractivity contribution in [3.05, 3.63) is 46.3 Å². The van der Waals surface area contributed by atoms with Gasteiger partial charge in [-0.1, -0.05) is 23.2 Å². The number of halogens is 2. The summed E-state index contributed by atoms with van der Waals surface area (Å²) in [6.45, 7) is 0. The van der Waals surface area contributed by atoms with Crippen LogP contribution in [0.5, 0.6) is 0 Å². The van der Waals surface area contributed by atoms with Gasteiger partial charge in [0.1, 0.15) is 5.15 Å². The first-order valence-corrected chi connectivity index (χ1v) is 5.99. The number of anilines is 2. The maximum Gasteiger partial charge on any atom is 0.337 e. The van der Waals surface area contributed by atoms with E-state index in [0.29, 0.717) is 11.5 Å². The summed E-state index contributed by atoms with van der Waals surface area (Å²) in [6, 6.07) is 4.68. The summed E-state index contributed by atoms with van der Waals surface area (Å²) in [5.41, 5.74) is 0.652. The van der Waals surface area contributed by atoms with Crippen LogP contribution in [0.2, 0.25) is 10.2 Å². The lowest BCUT2D eigenvalue weighted by molar-refractivity contribution is 0.0697. The molecule has 0 aliphatic carbocycles. The predicted molar refractivity (Wildman–Crippen MR) is 73.5 cm³/mol. The predicted octanol–water partition coefficient (Wildman–Crippen LogP) is 3.25. The van der Waals surface area contributed by atoms with Gasteiger partial charge >= 0.3 is 5.97 Å². The molecule has 0 aliphatic rings. The molecule has 1 heterocycles. The second-order valence-electron chi connectivity index (χ2n) is 3.73. The monoisotopic (exact) mass is 297 g/mol. The van der Waals surface area contributed by atoms with Gasteiger partial charge in [0.2, 0.25) is 0 Å². The minimum atomic E-state index is -1.09. The number of nitrogens with zero attached hydrogens (tertiary/aromatic N) is 3. The third kappa shape index (κ3) is 2.94. The molecule has 0 saturated heterocycles. The van der Waals surface area contributed by atoms with Crippen molar-refractivity contribution < 1.29 is 9.90 Å². The third-order valence-corrected chi connectivity index (χ3v) is 3.02. The Hall–Kier alpha value is -1.85. The quantitative estimate of drug-likeness (QED) is 0.942. The zero-order valence-electron chi connectivity index (χ0n) is 9.84. The van der Waals surface area contributed by atoms with Gasteiger partial charge < -0.3 is 10.0 Å². The van der Waals surface area contributed by atoms with E-state index in [9.17, 15) is 4.79 Å². The van der Waals surface area contributed by atoms with Crippen LogP contribution in [-0.4, -0.2) is 28.1 Å². The van der Waals surface area contributed by atoms with Crippen LogP contribution in [0.3, 0.4) is 0 Å². The van der Waals surface area contributed by atoms with Crippen LogP contribution in [0.1, 0.15) is 10.4 Å². The molecule has 19 heavy (non-hydrogen) atoms. The molecule has 0 unspecified atom stereocenters. The van der Waals surface area contributed by atoms with Gasteiger partial charge in [-0.25, -0.2) is 9.78 Å². The van der Waals surface area contributed by atoms with Crippen LogP contribution in [0, 0.1) is 0 Å². The molecule has 1 aromatic carbocycles. The molecule has 7 heteroatoms. The Morgan fingerprint density at radius 3 is 2.68 bits per heavy atom. The lowest BCUT2D eigenvalue weighted by Gasteiger charge is -2.18. The van der Waals surface area contributed by atoms with Gasteiger partial charge in [0.25, 0.3) is 0 Å². The van der Waals surface area contributed by atoms with Gasteiger partial charge in [-0.05, 0) is 18.2 Å². The number of carboxylic acids is 1. The summed E-state index contributed by atoms with van der Waals surface area (Å²) in [7, 11) is 1.73. The van der Waals surface area contributed by atoms with Crippen LogP contribution < -0.4 is 4.90 Å². The number of hydrogen-bond donors (Lipinski definition) is 1. The number of carbonyl (C=O) groups is 1. The van der Waals surface area contributed by atoms with Crippen LogP contribution in [-0.2, 0) is 0 Å². The Labute approximate surface area is 119 Å². The van der Waals surface area contributed by atoms with Crippen molar-refractivity contribution in [3.63, 3.8) is 0 Å². The first kappa shape index (κ1) is 13.6. The first-order chi connectivity index (χ1) is 8.99. The van der Waals surface area contributed by atoms with Crippen molar-refractivity contribution in [3.8, 4) is 0 Å². The summed E-state index contributed by atoms with van der Waals surface area (Å²) in [4.78, 5) is 20.7. The van der Waals surface area contributed by atoms with Gasteiger partial charge in [-0.2, -0.15) is 0 Å². The highest BCUT2D eigenvalue weighted by Gasteiger charge is 2.13. The lowest BCUT2D eigenvalue weighted by Crippen LogP contribution is -2.12. The van der Waals surface area contributed by atoms with Crippen molar-refractivity contribution in [2.24, 2.45) is 0 Å². The van der Waals surface area contributed by atoms with E-state index in [1.807, 2.05) is 0 Å². The molecule has 98 valence electrons. The summed E-state index contributed by atoms with van der Waals surface area (Å²) in [6.07, 6.45) is 2.95. The molecule has 5 nitrogen and oxygen atoms in total. The van der Waals surface area contributed by atoms with Crippen molar-refractivity contribution in [2.45, 2.75) is 0 Å². The van der Waals surface area contributed by atoms with Crippen LogP contribution in [0.4, 0.5) is 11.5 Å². The number of aromatic nitrogens is 2. The molecule has 0 aliphatic heterocycles.